The molecule has 29 heavy (non-hydrogen) atoms. The summed E-state index contributed by atoms with van der Waals surface area (Å²) in [7, 11) is -3.32. The van der Waals surface area contributed by atoms with Crippen LogP contribution >= 0.6 is 0 Å². The zero-order valence-corrected chi connectivity index (χ0v) is 15.9. The van der Waals surface area contributed by atoms with E-state index in [1.54, 1.807) is 36.5 Å². The van der Waals surface area contributed by atoms with E-state index in [1.807, 2.05) is 0 Å². The second-order valence-corrected chi connectivity index (χ2v) is 8.52. The highest BCUT2D eigenvalue weighted by atomic mass is 32.2. The molecule has 2 aromatic carbocycles. The summed E-state index contributed by atoms with van der Waals surface area (Å²) < 4.78 is 63.8. The number of imidazole rings is 1. The maximum atomic E-state index is 13.0. The molecule has 9 heteroatoms. The van der Waals surface area contributed by atoms with Gasteiger partial charge in [0.05, 0.1) is 28.0 Å². The van der Waals surface area contributed by atoms with E-state index in [1.165, 1.54) is 22.7 Å². The molecule has 0 atom stereocenters. The number of rotatable bonds is 3. The zero-order valence-electron chi connectivity index (χ0n) is 15.1. The first-order chi connectivity index (χ1) is 13.6. The molecule has 5 nitrogen and oxygen atoms in total. The van der Waals surface area contributed by atoms with Crippen molar-refractivity contribution in [2.24, 2.45) is 0 Å². The second kappa shape index (κ2) is 6.70. The molecule has 0 radical (unpaired) electrons. The Morgan fingerprint density at radius 2 is 1.66 bits per heavy atom. The van der Waals surface area contributed by atoms with Gasteiger partial charge < -0.3 is 0 Å². The van der Waals surface area contributed by atoms with Gasteiger partial charge in [-0.05, 0) is 36.4 Å². The lowest BCUT2D eigenvalue weighted by Gasteiger charge is -2.09. The van der Waals surface area contributed by atoms with E-state index in [9.17, 15) is 21.6 Å². The molecule has 0 aliphatic rings. The summed E-state index contributed by atoms with van der Waals surface area (Å²) in [5, 5.41) is 4.44. The predicted molar refractivity (Wildman–Crippen MR) is 102 cm³/mol. The molecule has 0 spiro atoms. The van der Waals surface area contributed by atoms with Gasteiger partial charge in [-0.1, -0.05) is 24.3 Å². The molecular weight excluding hydrogens is 403 g/mol. The van der Waals surface area contributed by atoms with Gasteiger partial charge in [0, 0.05) is 17.4 Å². The van der Waals surface area contributed by atoms with Crippen molar-refractivity contribution in [3.05, 3.63) is 72.4 Å². The highest BCUT2D eigenvalue weighted by Gasteiger charge is 2.30. The van der Waals surface area contributed by atoms with Crippen molar-refractivity contribution in [2.75, 3.05) is 6.26 Å². The Kier molecular flexibility index (Phi) is 4.42. The Labute approximate surface area is 164 Å². The van der Waals surface area contributed by atoms with Gasteiger partial charge >= 0.3 is 6.18 Å². The van der Waals surface area contributed by atoms with Crippen LogP contribution in [0.15, 0.2) is 71.8 Å². The van der Waals surface area contributed by atoms with Crippen LogP contribution in [0.1, 0.15) is 5.56 Å². The first-order valence-electron chi connectivity index (χ1n) is 8.46. The molecule has 4 rings (SSSR count). The van der Waals surface area contributed by atoms with Crippen molar-refractivity contribution in [3.63, 3.8) is 0 Å². The summed E-state index contributed by atoms with van der Waals surface area (Å²) in [5.41, 5.74) is 1.72. The number of hydrogen-bond acceptors (Lipinski definition) is 4. The van der Waals surface area contributed by atoms with Crippen LogP contribution in [0.25, 0.3) is 28.2 Å². The largest absolute Gasteiger partial charge is 0.416 e. The van der Waals surface area contributed by atoms with Crippen molar-refractivity contribution < 1.29 is 21.6 Å². The molecule has 0 amide bonds. The minimum Gasteiger partial charge on any atom is -0.235 e. The van der Waals surface area contributed by atoms with Gasteiger partial charge in [-0.25, -0.2) is 17.9 Å². The summed E-state index contributed by atoms with van der Waals surface area (Å²) in [5.74, 6) is 0. The van der Waals surface area contributed by atoms with Gasteiger partial charge in [-0.2, -0.15) is 18.3 Å². The van der Waals surface area contributed by atoms with Crippen LogP contribution in [-0.2, 0) is 16.0 Å². The lowest BCUT2D eigenvalue weighted by molar-refractivity contribution is -0.137. The third kappa shape index (κ3) is 3.73. The highest BCUT2D eigenvalue weighted by molar-refractivity contribution is 7.90. The zero-order chi connectivity index (χ0) is 20.8. The molecule has 0 aliphatic carbocycles. The Hall–Kier alpha value is -3.20. The smallest absolute Gasteiger partial charge is 0.235 e. The topological polar surface area (TPSA) is 64.3 Å². The first-order valence-corrected chi connectivity index (χ1v) is 10.3. The van der Waals surface area contributed by atoms with Gasteiger partial charge in [-0.15, -0.1) is 0 Å². The summed E-state index contributed by atoms with van der Waals surface area (Å²) in [6, 6.07) is 14.5. The van der Waals surface area contributed by atoms with Gasteiger partial charge in [0.1, 0.15) is 0 Å². The van der Waals surface area contributed by atoms with Gasteiger partial charge in [0.25, 0.3) is 0 Å². The summed E-state index contributed by atoms with van der Waals surface area (Å²) in [6.45, 7) is 0. The molecule has 2 heterocycles. The lowest BCUT2D eigenvalue weighted by atomic mass is 10.1. The summed E-state index contributed by atoms with van der Waals surface area (Å²) in [4.78, 5) is 4.45. The molecular formula is C20H14F3N3O2S. The van der Waals surface area contributed by atoms with Crippen LogP contribution < -0.4 is 0 Å². The van der Waals surface area contributed by atoms with E-state index < -0.39 is 21.6 Å². The Balaban J connectivity index is 1.80. The average Bonchev–Trinajstić information content (AvgIpc) is 3.10. The number of fused-ring (bicyclic) bond motifs is 1. The highest BCUT2D eigenvalue weighted by Crippen LogP contribution is 2.32. The molecule has 0 saturated carbocycles. The number of benzene rings is 2. The number of hydrogen-bond donors (Lipinski definition) is 0. The fraction of sp³-hybridized carbons (Fsp3) is 0.100. The maximum absolute atomic E-state index is 13.0. The molecule has 0 unspecified atom stereocenters. The molecule has 0 bridgehead atoms. The third-order valence-corrected chi connectivity index (χ3v) is 5.55. The van der Waals surface area contributed by atoms with E-state index in [0.29, 0.717) is 28.2 Å². The Bertz CT molecular complexity index is 1310. The van der Waals surface area contributed by atoms with Crippen LogP contribution in [0.2, 0.25) is 0 Å². The van der Waals surface area contributed by atoms with E-state index in [2.05, 4.69) is 10.1 Å². The van der Waals surface area contributed by atoms with Crippen LogP contribution in [-0.4, -0.2) is 29.3 Å². The van der Waals surface area contributed by atoms with Crippen molar-refractivity contribution in [2.45, 2.75) is 11.1 Å². The molecule has 0 fully saturated rings. The number of halogens is 3. The monoisotopic (exact) mass is 417 g/mol. The molecule has 0 N–H and O–H groups in total. The molecule has 4 aromatic rings. The molecule has 0 saturated heterocycles. The van der Waals surface area contributed by atoms with Gasteiger partial charge in [0.2, 0.25) is 0 Å². The normalized spacial score (nSPS) is 12.4. The summed E-state index contributed by atoms with van der Waals surface area (Å²) in [6.07, 6.45) is -1.74. The van der Waals surface area contributed by atoms with E-state index >= 15 is 0 Å². The van der Waals surface area contributed by atoms with E-state index in [0.717, 1.165) is 18.4 Å². The van der Waals surface area contributed by atoms with Crippen molar-refractivity contribution in [3.8, 4) is 22.5 Å². The van der Waals surface area contributed by atoms with Crippen LogP contribution in [0, 0.1) is 0 Å². The second-order valence-electron chi connectivity index (χ2n) is 6.51. The maximum Gasteiger partial charge on any atom is 0.416 e. The number of aromatic nitrogens is 3. The number of alkyl halides is 3. The van der Waals surface area contributed by atoms with Crippen LogP contribution in [0.3, 0.4) is 0 Å². The van der Waals surface area contributed by atoms with Crippen molar-refractivity contribution >= 4 is 15.5 Å². The molecule has 2 aromatic heterocycles. The van der Waals surface area contributed by atoms with Crippen molar-refractivity contribution in [1.82, 2.24) is 14.6 Å². The Morgan fingerprint density at radius 1 is 0.931 bits per heavy atom. The molecule has 0 aliphatic heterocycles. The third-order valence-electron chi connectivity index (χ3n) is 4.43. The summed E-state index contributed by atoms with van der Waals surface area (Å²) >= 11 is 0. The van der Waals surface area contributed by atoms with Gasteiger partial charge in [0.15, 0.2) is 15.5 Å². The minimum atomic E-state index is -4.44. The quantitative estimate of drug-likeness (QED) is 0.493. The van der Waals surface area contributed by atoms with Crippen LogP contribution in [0.4, 0.5) is 13.2 Å². The predicted octanol–water partition coefficient (Wildman–Crippen LogP) is 4.49. The SMILES string of the molecule is CS(=O)(=O)c1ccc(-c2cnc3ccc(-c4cccc(C(F)(F)F)c4)nn23)cc1. The lowest BCUT2D eigenvalue weighted by Crippen LogP contribution is -2.05. The molecule has 148 valence electrons. The first kappa shape index (κ1) is 19.1. The number of nitrogens with zero attached hydrogens (tertiary/aromatic N) is 3. The van der Waals surface area contributed by atoms with Gasteiger partial charge in [-0.3, -0.25) is 0 Å². The minimum absolute atomic E-state index is 0.188. The number of sulfone groups is 1. The van der Waals surface area contributed by atoms with Crippen molar-refractivity contribution in [1.29, 1.82) is 0 Å². The van der Waals surface area contributed by atoms with E-state index in [-0.39, 0.29) is 4.90 Å². The standard InChI is InChI=1S/C20H14F3N3O2S/c1-29(27,28)16-7-5-13(6-8-16)18-12-24-19-10-9-17(25-26(18)19)14-3-2-4-15(11-14)20(21,22)23/h2-12H,1H3. The fourth-order valence-corrected chi connectivity index (χ4v) is 3.58. The fourth-order valence-electron chi connectivity index (χ4n) is 2.95. The van der Waals surface area contributed by atoms with Crippen LogP contribution in [0.5, 0.6) is 0 Å². The average molecular weight is 417 g/mol. The van der Waals surface area contributed by atoms with E-state index in [4.69, 9.17) is 0 Å². The Morgan fingerprint density at radius 3 is 2.31 bits per heavy atom.